The maximum atomic E-state index is 12.8. The smallest absolute Gasteiger partial charge is 0.240 e. The van der Waals surface area contributed by atoms with Gasteiger partial charge in [-0.25, -0.2) is 17.5 Å². The Labute approximate surface area is 94.2 Å². The van der Waals surface area contributed by atoms with Crippen molar-refractivity contribution in [3.05, 3.63) is 30.1 Å². The maximum Gasteiger partial charge on any atom is 0.240 e. The summed E-state index contributed by atoms with van der Waals surface area (Å²) in [5.41, 5.74) is 0. The van der Waals surface area contributed by atoms with E-state index in [0.717, 1.165) is 6.07 Å². The molecule has 0 heterocycles. The molecule has 0 aromatic heterocycles. The molecule has 0 aliphatic rings. The van der Waals surface area contributed by atoms with Crippen molar-refractivity contribution in [3.63, 3.8) is 0 Å². The summed E-state index contributed by atoms with van der Waals surface area (Å²) in [5, 5.41) is 8.97. The first kappa shape index (κ1) is 13.1. The van der Waals surface area contributed by atoms with Crippen LogP contribution in [0.5, 0.6) is 0 Å². The van der Waals surface area contributed by atoms with Crippen LogP contribution in [-0.4, -0.2) is 26.2 Å². The molecule has 0 aliphatic carbocycles. The summed E-state index contributed by atoms with van der Waals surface area (Å²) in [6.45, 7) is 1.69. The third-order valence-corrected chi connectivity index (χ3v) is 3.42. The minimum absolute atomic E-state index is 0.113. The third kappa shape index (κ3) is 3.88. The fraction of sp³-hybridized carbons (Fsp3) is 0.400. The largest absolute Gasteiger partial charge is 0.393 e. The first-order valence-corrected chi connectivity index (χ1v) is 6.33. The van der Waals surface area contributed by atoms with Crippen LogP contribution in [-0.2, 0) is 10.0 Å². The molecule has 2 N–H and O–H groups in total. The van der Waals surface area contributed by atoms with Gasteiger partial charge in [0.15, 0.2) is 0 Å². The molecule has 0 saturated carbocycles. The quantitative estimate of drug-likeness (QED) is 0.811. The van der Waals surface area contributed by atoms with Crippen LogP contribution in [0.25, 0.3) is 0 Å². The van der Waals surface area contributed by atoms with Gasteiger partial charge in [-0.3, -0.25) is 0 Å². The minimum Gasteiger partial charge on any atom is -0.393 e. The first-order chi connectivity index (χ1) is 7.42. The van der Waals surface area contributed by atoms with Gasteiger partial charge in [-0.15, -0.1) is 0 Å². The van der Waals surface area contributed by atoms with Crippen LogP contribution in [0.3, 0.4) is 0 Å². The fourth-order valence-corrected chi connectivity index (χ4v) is 2.20. The van der Waals surface area contributed by atoms with Crippen LogP contribution >= 0.6 is 0 Å². The van der Waals surface area contributed by atoms with Crippen molar-refractivity contribution >= 4 is 10.0 Å². The van der Waals surface area contributed by atoms with E-state index < -0.39 is 21.9 Å². The summed E-state index contributed by atoms with van der Waals surface area (Å²) in [4.78, 5) is -0.113. The molecule has 1 atom stereocenters. The van der Waals surface area contributed by atoms with Crippen molar-refractivity contribution in [3.8, 4) is 0 Å². The van der Waals surface area contributed by atoms with Gasteiger partial charge >= 0.3 is 0 Å². The molecule has 4 nitrogen and oxygen atoms in total. The van der Waals surface area contributed by atoms with E-state index in [0.29, 0.717) is 6.42 Å². The predicted octanol–water partition coefficient (Wildman–Crippen LogP) is 0.875. The summed E-state index contributed by atoms with van der Waals surface area (Å²) in [6, 6.07) is 4.77. The van der Waals surface area contributed by atoms with Crippen LogP contribution in [0.1, 0.15) is 13.3 Å². The second-order valence-corrected chi connectivity index (χ2v) is 5.26. The Bertz CT molecular complexity index is 445. The van der Waals surface area contributed by atoms with E-state index in [1.165, 1.54) is 18.2 Å². The van der Waals surface area contributed by atoms with Crippen molar-refractivity contribution in [2.75, 3.05) is 6.54 Å². The summed E-state index contributed by atoms with van der Waals surface area (Å²) in [5.74, 6) is -0.599. The van der Waals surface area contributed by atoms with Crippen LogP contribution in [0, 0.1) is 5.82 Å². The van der Waals surface area contributed by atoms with E-state index in [2.05, 4.69) is 4.72 Å². The molecular formula is C10H14FNO3S. The summed E-state index contributed by atoms with van der Waals surface area (Å²) >= 11 is 0. The molecule has 0 amide bonds. The standard InChI is InChI=1S/C10H14FNO3S/c1-8(13)5-6-12-16(14,15)10-4-2-3-9(11)7-10/h2-4,7-8,12-13H,5-6H2,1H3. The molecule has 90 valence electrons. The average Bonchev–Trinajstić information content (AvgIpc) is 2.16. The number of benzene rings is 1. The molecule has 0 radical (unpaired) electrons. The molecule has 1 unspecified atom stereocenters. The zero-order valence-electron chi connectivity index (χ0n) is 8.85. The number of halogens is 1. The minimum atomic E-state index is -3.68. The summed E-state index contributed by atoms with van der Waals surface area (Å²) < 4.78 is 38.3. The zero-order valence-corrected chi connectivity index (χ0v) is 9.67. The lowest BCUT2D eigenvalue weighted by Gasteiger charge is -2.07. The van der Waals surface area contributed by atoms with Crippen molar-refractivity contribution in [2.45, 2.75) is 24.3 Å². The molecule has 1 rings (SSSR count). The molecule has 1 aromatic rings. The Morgan fingerprint density at radius 3 is 2.75 bits per heavy atom. The first-order valence-electron chi connectivity index (χ1n) is 4.85. The van der Waals surface area contributed by atoms with E-state index in [4.69, 9.17) is 5.11 Å². The van der Waals surface area contributed by atoms with E-state index in [9.17, 15) is 12.8 Å². The lowest BCUT2D eigenvalue weighted by molar-refractivity contribution is 0.186. The fourth-order valence-electron chi connectivity index (χ4n) is 1.12. The monoisotopic (exact) mass is 247 g/mol. The van der Waals surface area contributed by atoms with Gasteiger partial charge in [0.2, 0.25) is 10.0 Å². The number of sulfonamides is 1. The highest BCUT2D eigenvalue weighted by atomic mass is 32.2. The maximum absolute atomic E-state index is 12.8. The van der Waals surface area contributed by atoms with Gasteiger partial charge in [0.25, 0.3) is 0 Å². The Morgan fingerprint density at radius 2 is 2.19 bits per heavy atom. The van der Waals surface area contributed by atoms with Crippen molar-refractivity contribution < 1.29 is 17.9 Å². The second kappa shape index (κ2) is 5.38. The average molecular weight is 247 g/mol. The molecule has 0 bridgehead atoms. The number of hydrogen-bond donors (Lipinski definition) is 2. The van der Waals surface area contributed by atoms with Gasteiger partial charge in [0.1, 0.15) is 5.82 Å². The van der Waals surface area contributed by atoms with Crippen LogP contribution < -0.4 is 4.72 Å². The van der Waals surface area contributed by atoms with Gasteiger partial charge in [-0.05, 0) is 31.5 Å². The normalized spacial score (nSPS) is 13.7. The molecule has 1 aromatic carbocycles. The summed E-state index contributed by atoms with van der Waals surface area (Å²) in [7, 11) is -3.68. The SMILES string of the molecule is CC(O)CCNS(=O)(=O)c1cccc(F)c1. The van der Waals surface area contributed by atoms with Crippen molar-refractivity contribution in [1.82, 2.24) is 4.72 Å². The lowest BCUT2D eigenvalue weighted by Crippen LogP contribution is -2.26. The Hall–Kier alpha value is -0.980. The van der Waals surface area contributed by atoms with Gasteiger partial charge < -0.3 is 5.11 Å². The van der Waals surface area contributed by atoms with Gasteiger partial charge in [0, 0.05) is 6.54 Å². The van der Waals surface area contributed by atoms with E-state index in [-0.39, 0.29) is 11.4 Å². The number of hydrogen-bond acceptors (Lipinski definition) is 3. The van der Waals surface area contributed by atoms with E-state index >= 15 is 0 Å². The van der Waals surface area contributed by atoms with Gasteiger partial charge in [-0.1, -0.05) is 6.07 Å². The molecule has 0 spiro atoms. The van der Waals surface area contributed by atoms with Gasteiger partial charge in [0.05, 0.1) is 11.0 Å². The number of nitrogens with one attached hydrogen (secondary N) is 1. The third-order valence-electron chi connectivity index (χ3n) is 1.96. The Morgan fingerprint density at radius 1 is 1.50 bits per heavy atom. The zero-order chi connectivity index (χ0) is 12.2. The Kier molecular flexibility index (Phi) is 4.40. The molecule has 6 heteroatoms. The number of aliphatic hydroxyl groups excluding tert-OH is 1. The van der Waals surface area contributed by atoms with Crippen LogP contribution in [0.2, 0.25) is 0 Å². The second-order valence-electron chi connectivity index (χ2n) is 3.49. The topological polar surface area (TPSA) is 66.4 Å². The van der Waals surface area contributed by atoms with E-state index in [1.54, 1.807) is 6.92 Å². The number of rotatable bonds is 5. The highest BCUT2D eigenvalue weighted by Crippen LogP contribution is 2.10. The molecule has 0 aliphatic heterocycles. The summed E-state index contributed by atoms with van der Waals surface area (Å²) in [6.07, 6.45) is -0.260. The van der Waals surface area contributed by atoms with Crippen molar-refractivity contribution in [2.24, 2.45) is 0 Å². The van der Waals surface area contributed by atoms with Crippen LogP contribution in [0.4, 0.5) is 4.39 Å². The Balaban J connectivity index is 2.71. The highest BCUT2D eigenvalue weighted by Gasteiger charge is 2.13. The molecule has 0 fully saturated rings. The van der Waals surface area contributed by atoms with E-state index in [1.807, 2.05) is 0 Å². The van der Waals surface area contributed by atoms with Crippen molar-refractivity contribution in [1.29, 1.82) is 0 Å². The number of aliphatic hydroxyl groups is 1. The highest BCUT2D eigenvalue weighted by molar-refractivity contribution is 7.89. The van der Waals surface area contributed by atoms with Gasteiger partial charge in [-0.2, -0.15) is 0 Å². The molecular weight excluding hydrogens is 233 g/mol. The predicted molar refractivity (Wildman–Crippen MR) is 57.9 cm³/mol. The van der Waals surface area contributed by atoms with Crippen LogP contribution in [0.15, 0.2) is 29.2 Å². The lowest BCUT2D eigenvalue weighted by atomic mass is 10.3. The molecule has 0 saturated heterocycles. The molecule has 16 heavy (non-hydrogen) atoms.